The Kier molecular flexibility index (Phi) is 4.97. The van der Waals surface area contributed by atoms with Crippen molar-refractivity contribution in [2.75, 3.05) is 18.4 Å². The number of rotatable bonds is 4. The lowest BCUT2D eigenvalue weighted by atomic mass is 10.0. The van der Waals surface area contributed by atoms with Gasteiger partial charge in [0.2, 0.25) is 0 Å². The number of halogens is 1. The first-order chi connectivity index (χ1) is 10.3. The van der Waals surface area contributed by atoms with Gasteiger partial charge in [-0.1, -0.05) is 18.5 Å². The monoisotopic (exact) mass is 343 g/mol. The molecule has 0 amide bonds. The Balaban J connectivity index is 2.16. The second-order valence-corrected chi connectivity index (χ2v) is 7.26. The molecule has 0 radical (unpaired) electrons. The second kappa shape index (κ2) is 6.42. The van der Waals surface area contributed by atoms with Gasteiger partial charge in [-0.3, -0.25) is 4.55 Å². The molecule has 1 aliphatic heterocycles. The number of hydrogen-bond acceptors (Lipinski definition) is 4. The molecule has 120 valence electrons. The van der Waals surface area contributed by atoms with Gasteiger partial charge in [0.05, 0.1) is 10.6 Å². The zero-order valence-corrected chi connectivity index (χ0v) is 13.9. The maximum Gasteiger partial charge on any atom is 0.336 e. The Hall–Kier alpha value is -1.33. The predicted molar refractivity (Wildman–Crippen MR) is 85.2 cm³/mol. The molecule has 1 aromatic carbocycles. The molecule has 2 N–H and O–H groups in total. The molecule has 0 spiro atoms. The van der Waals surface area contributed by atoms with Crippen molar-refractivity contribution < 1.29 is 13.0 Å². The lowest BCUT2D eigenvalue weighted by molar-refractivity contribution is 0.320. The van der Waals surface area contributed by atoms with Crippen molar-refractivity contribution in [1.29, 1.82) is 5.26 Å². The van der Waals surface area contributed by atoms with Gasteiger partial charge in [0.15, 0.2) is 0 Å². The fourth-order valence-corrected chi connectivity index (χ4v) is 3.91. The minimum absolute atomic E-state index is 0.142. The van der Waals surface area contributed by atoms with Crippen LogP contribution in [-0.4, -0.2) is 36.4 Å². The van der Waals surface area contributed by atoms with Gasteiger partial charge < -0.3 is 5.32 Å². The van der Waals surface area contributed by atoms with E-state index in [0.717, 1.165) is 15.6 Å². The van der Waals surface area contributed by atoms with Crippen LogP contribution >= 0.6 is 11.6 Å². The van der Waals surface area contributed by atoms with Crippen LogP contribution in [0.1, 0.15) is 24.5 Å². The molecule has 0 aromatic heterocycles. The van der Waals surface area contributed by atoms with Crippen molar-refractivity contribution in [3.63, 3.8) is 0 Å². The smallest absolute Gasteiger partial charge is 0.336 e. The van der Waals surface area contributed by atoms with Crippen molar-refractivity contribution in [2.24, 2.45) is 5.92 Å². The SMILES string of the molecule is Cc1c(NC[C@@H]2[C@@H](C)CCN2S(=O)(=O)O)ccc(C#N)c1Cl. The normalized spacial score (nSPS) is 22.5. The summed E-state index contributed by atoms with van der Waals surface area (Å²) in [6.45, 7) is 4.43. The molecule has 1 heterocycles. The number of anilines is 1. The maximum absolute atomic E-state index is 11.4. The zero-order chi connectivity index (χ0) is 16.5. The number of nitriles is 1. The van der Waals surface area contributed by atoms with E-state index in [9.17, 15) is 13.0 Å². The van der Waals surface area contributed by atoms with Crippen LogP contribution in [0.4, 0.5) is 5.69 Å². The summed E-state index contributed by atoms with van der Waals surface area (Å²) in [5.74, 6) is 0.142. The summed E-state index contributed by atoms with van der Waals surface area (Å²) < 4.78 is 33.2. The van der Waals surface area contributed by atoms with Gasteiger partial charge in [-0.05, 0) is 37.0 Å². The van der Waals surface area contributed by atoms with E-state index in [4.69, 9.17) is 16.9 Å². The third-order valence-electron chi connectivity index (χ3n) is 4.14. The van der Waals surface area contributed by atoms with Gasteiger partial charge in [-0.15, -0.1) is 0 Å². The molecule has 1 fully saturated rings. The van der Waals surface area contributed by atoms with E-state index in [1.807, 2.05) is 13.0 Å². The summed E-state index contributed by atoms with van der Waals surface area (Å²) in [4.78, 5) is 0. The van der Waals surface area contributed by atoms with Gasteiger partial charge in [-0.25, -0.2) is 0 Å². The Morgan fingerprint density at radius 2 is 2.23 bits per heavy atom. The Morgan fingerprint density at radius 1 is 1.55 bits per heavy atom. The third kappa shape index (κ3) is 3.36. The van der Waals surface area contributed by atoms with Crippen LogP contribution in [-0.2, 0) is 10.3 Å². The summed E-state index contributed by atoms with van der Waals surface area (Å²) >= 11 is 6.12. The minimum atomic E-state index is -4.19. The molecule has 8 heteroatoms. The molecular weight excluding hydrogens is 326 g/mol. The first kappa shape index (κ1) is 17.0. The molecule has 0 bridgehead atoms. The van der Waals surface area contributed by atoms with E-state index >= 15 is 0 Å². The quantitative estimate of drug-likeness (QED) is 0.819. The fourth-order valence-electron chi connectivity index (χ4n) is 2.74. The van der Waals surface area contributed by atoms with Crippen LogP contribution in [0.25, 0.3) is 0 Å². The molecule has 0 saturated carbocycles. The van der Waals surface area contributed by atoms with Crippen LogP contribution in [0.3, 0.4) is 0 Å². The molecule has 2 rings (SSSR count). The molecule has 0 aliphatic carbocycles. The fraction of sp³-hybridized carbons (Fsp3) is 0.500. The number of nitrogens with one attached hydrogen (secondary N) is 1. The molecular formula is C14H18ClN3O3S. The average molecular weight is 344 g/mol. The summed E-state index contributed by atoms with van der Waals surface area (Å²) in [7, 11) is -4.19. The molecule has 1 saturated heterocycles. The van der Waals surface area contributed by atoms with Crippen molar-refractivity contribution in [2.45, 2.75) is 26.3 Å². The van der Waals surface area contributed by atoms with E-state index in [1.54, 1.807) is 19.1 Å². The lowest BCUT2D eigenvalue weighted by Crippen LogP contribution is -2.41. The molecule has 2 atom stereocenters. The first-order valence-electron chi connectivity index (χ1n) is 6.93. The highest BCUT2D eigenvalue weighted by atomic mass is 35.5. The Labute approximate surface area is 135 Å². The van der Waals surface area contributed by atoms with E-state index in [2.05, 4.69) is 5.32 Å². The van der Waals surface area contributed by atoms with Gasteiger partial charge in [0.1, 0.15) is 6.07 Å². The summed E-state index contributed by atoms with van der Waals surface area (Å²) in [6, 6.07) is 5.07. The molecule has 0 unspecified atom stereocenters. The Morgan fingerprint density at radius 3 is 2.82 bits per heavy atom. The maximum atomic E-state index is 11.4. The minimum Gasteiger partial charge on any atom is -0.383 e. The van der Waals surface area contributed by atoms with Gasteiger partial charge in [-0.2, -0.15) is 18.0 Å². The number of benzene rings is 1. The topological polar surface area (TPSA) is 93.4 Å². The van der Waals surface area contributed by atoms with Crippen LogP contribution < -0.4 is 5.32 Å². The summed E-state index contributed by atoms with van der Waals surface area (Å²) in [5.41, 5.74) is 1.89. The highest BCUT2D eigenvalue weighted by molar-refractivity contribution is 7.83. The largest absolute Gasteiger partial charge is 0.383 e. The van der Waals surface area contributed by atoms with Gasteiger partial charge in [0.25, 0.3) is 0 Å². The number of nitrogens with zero attached hydrogens (tertiary/aromatic N) is 2. The number of hydrogen-bond donors (Lipinski definition) is 2. The highest BCUT2D eigenvalue weighted by Gasteiger charge is 2.37. The first-order valence-corrected chi connectivity index (χ1v) is 8.70. The van der Waals surface area contributed by atoms with Crippen LogP contribution in [0.5, 0.6) is 0 Å². The van der Waals surface area contributed by atoms with Gasteiger partial charge >= 0.3 is 10.3 Å². The van der Waals surface area contributed by atoms with Crippen LogP contribution in [0, 0.1) is 24.2 Å². The van der Waals surface area contributed by atoms with Crippen LogP contribution in [0.15, 0.2) is 12.1 Å². The predicted octanol–water partition coefficient (Wildman–Crippen LogP) is 2.45. The highest BCUT2D eigenvalue weighted by Crippen LogP contribution is 2.29. The zero-order valence-electron chi connectivity index (χ0n) is 12.4. The lowest BCUT2D eigenvalue weighted by Gasteiger charge is -2.25. The average Bonchev–Trinajstić information content (AvgIpc) is 2.82. The standard InChI is InChI=1S/C14H18ClN3O3S/c1-9-5-6-18(22(19,20)21)13(9)8-17-12-4-3-11(7-16)14(15)10(12)2/h3-4,9,13,17H,5-6,8H2,1-2H3,(H,19,20,21)/t9-,13+/m0/s1. The molecule has 1 aromatic rings. The van der Waals surface area contributed by atoms with E-state index in [1.165, 1.54) is 0 Å². The molecule has 6 nitrogen and oxygen atoms in total. The summed E-state index contributed by atoms with van der Waals surface area (Å²) in [6.07, 6.45) is 0.708. The summed E-state index contributed by atoms with van der Waals surface area (Å²) in [5, 5.41) is 12.5. The van der Waals surface area contributed by atoms with Crippen molar-refractivity contribution in [3.8, 4) is 6.07 Å². The van der Waals surface area contributed by atoms with Crippen molar-refractivity contribution in [1.82, 2.24) is 4.31 Å². The van der Waals surface area contributed by atoms with Crippen LogP contribution in [0.2, 0.25) is 5.02 Å². The van der Waals surface area contributed by atoms with Gasteiger partial charge in [0, 0.05) is 24.8 Å². The van der Waals surface area contributed by atoms with Crippen molar-refractivity contribution >= 4 is 27.6 Å². The second-order valence-electron chi connectivity index (χ2n) is 5.51. The van der Waals surface area contributed by atoms with E-state index < -0.39 is 10.3 Å². The van der Waals surface area contributed by atoms with E-state index in [0.29, 0.717) is 30.1 Å². The van der Waals surface area contributed by atoms with E-state index in [-0.39, 0.29) is 12.0 Å². The van der Waals surface area contributed by atoms with Crippen molar-refractivity contribution in [3.05, 3.63) is 28.3 Å². The molecule has 22 heavy (non-hydrogen) atoms. The Bertz CT molecular complexity index is 715. The third-order valence-corrected chi connectivity index (χ3v) is 5.67. The molecule has 1 aliphatic rings.